The number of phenols is 1. The zero-order valence-electron chi connectivity index (χ0n) is 13.8. The lowest BCUT2D eigenvalue weighted by Crippen LogP contribution is -2.12. The minimum absolute atomic E-state index is 0.130. The van der Waals surface area contributed by atoms with Crippen LogP contribution in [0.4, 0.5) is 5.69 Å². The summed E-state index contributed by atoms with van der Waals surface area (Å²) in [4.78, 5) is 16.4. The van der Waals surface area contributed by atoms with Crippen LogP contribution < -0.4 is 10.1 Å². The lowest BCUT2D eigenvalue weighted by atomic mass is 10.1. The third-order valence-corrected chi connectivity index (χ3v) is 3.50. The Labute approximate surface area is 144 Å². The van der Waals surface area contributed by atoms with E-state index in [4.69, 9.17) is 9.26 Å². The third kappa shape index (κ3) is 4.14. The maximum Gasteiger partial charge on any atom is 0.255 e. The molecular formula is C18H17N3O4. The van der Waals surface area contributed by atoms with Gasteiger partial charge >= 0.3 is 0 Å². The van der Waals surface area contributed by atoms with E-state index in [2.05, 4.69) is 15.5 Å². The number of aryl methyl sites for hydroxylation is 2. The van der Waals surface area contributed by atoms with Crippen molar-refractivity contribution >= 4 is 11.6 Å². The van der Waals surface area contributed by atoms with E-state index in [9.17, 15) is 9.90 Å². The molecule has 0 spiro atoms. The first kappa shape index (κ1) is 16.5. The molecule has 0 aliphatic carbocycles. The zero-order chi connectivity index (χ0) is 17.8. The van der Waals surface area contributed by atoms with Crippen molar-refractivity contribution in [1.82, 2.24) is 10.1 Å². The normalized spacial score (nSPS) is 10.5. The van der Waals surface area contributed by atoms with E-state index in [0.717, 1.165) is 5.56 Å². The monoisotopic (exact) mass is 339 g/mol. The van der Waals surface area contributed by atoms with Gasteiger partial charge in [0.15, 0.2) is 6.61 Å². The number of nitrogens with zero attached hydrogens (tertiary/aromatic N) is 2. The molecule has 0 radical (unpaired) electrons. The number of phenolic OH excluding ortho intramolecular Hbond substituents is 1. The van der Waals surface area contributed by atoms with Crippen LogP contribution in [0, 0.1) is 13.8 Å². The molecule has 7 nitrogen and oxygen atoms in total. The zero-order valence-corrected chi connectivity index (χ0v) is 13.8. The second kappa shape index (κ2) is 7.04. The van der Waals surface area contributed by atoms with Gasteiger partial charge < -0.3 is 19.7 Å². The van der Waals surface area contributed by atoms with Gasteiger partial charge in [-0.1, -0.05) is 17.3 Å². The smallest absolute Gasteiger partial charge is 0.255 e. The van der Waals surface area contributed by atoms with Crippen LogP contribution in [0.5, 0.6) is 11.5 Å². The molecule has 25 heavy (non-hydrogen) atoms. The minimum Gasteiger partial charge on any atom is -0.508 e. The lowest BCUT2D eigenvalue weighted by Gasteiger charge is -2.09. The number of nitrogens with one attached hydrogen (secondary N) is 1. The molecular weight excluding hydrogens is 322 g/mol. The summed E-state index contributed by atoms with van der Waals surface area (Å²) in [7, 11) is 0. The highest BCUT2D eigenvalue weighted by Gasteiger charge is 2.09. The molecule has 0 atom stereocenters. The molecule has 0 aliphatic heterocycles. The van der Waals surface area contributed by atoms with Gasteiger partial charge in [-0.15, -0.1) is 0 Å². The summed E-state index contributed by atoms with van der Waals surface area (Å²) in [6.45, 7) is 3.63. The molecule has 0 saturated carbocycles. The highest BCUT2D eigenvalue weighted by Crippen LogP contribution is 2.22. The maximum absolute atomic E-state index is 12.4. The second-order valence-corrected chi connectivity index (χ2v) is 5.50. The highest BCUT2D eigenvalue weighted by molar-refractivity contribution is 6.04. The molecule has 128 valence electrons. The molecule has 2 aromatic carbocycles. The number of hydrogen-bond donors (Lipinski definition) is 2. The first-order valence-corrected chi connectivity index (χ1v) is 7.64. The summed E-state index contributed by atoms with van der Waals surface area (Å²) in [5.41, 5.74) is 1.69. The van der Waals surface area contributed by atoms with Gasteiger partial charge in [0.25, 0.3) is 5.91 Å². The van der Waals surface area contributed by atoms with E-state index in [1.165, 1.54) is 6.07 Å². The van der Waals surface area contributed by atoms with Crippen LogP contribution in [0.25, 0.3) is 0 Å². The average molecular weight is 339 g/mol. The van der Waals surface area contributed by atoms with Crippen LogP contribution in [0.1, 0.15) is 27.6 Å². The first-order chi connectivity index (χ1) is 12.0. The number of carbonyl (C=O) groups is 1. The summed E-state index contributed by atoms with van der Waals surface area (Å²) in [5, 5.41) is 16.2. The van der Waals surface area contributed by atoms with Crippen LogP contribution >= 0.6 is 0 Å². The molecule has 0 unspecified atom stereocenters. The molecule has 0 fully saturated rings. The van der Waals surface area contributed by atoms with E-state index in [-0.39, 0.29) is 18.3 Å². The number of ether oxygens (including phenoxy) is 1. The molecule has 3 aromatic rings. The number of aromatic hydroxyl groups is 1. The van der Waals surface area contributed by atoms with Gasteiger partial charge in [-0.05, 0) is 36.8 Å². The first-order valence-electron chi connectivity index (χ1n) is 7.64. The van der Waals surface area contributed by atoms with Crippen molar-refractivity contribution in [2.75, 3.05) is 5.32 Å². The minimum atomic E-state index is -0.302. The fraction of sp³-hybridized carbons (Fsp3) is 0.167. The Balaban J connectivity index is 1.67. The molecule has 7 heteroatoms. The Hall–Kier alpha value is -3.35. The van der Waals surface area contributed by atoms with E-state index >= 15 is 0 Å². The van der Waals surface area contributed by atoms with Crippen molar-refractivity contribution in [1.29, 1.82) is 0 Å². The van der Waals surface area contributed by atoms with Gasteiger partial charge in [0.05, 0.1) is 0 Å². The Morgan fingerprint density at radius 3 is 2.80 bits per heavy atom. The number of carbonyl (C=O) groups excluding carboxylic acids is 1. The van der Waals surface area contributed by atoms with Crippen molar-refractivity contribution in [3.63, 3.8) is 0 Å². The van der Waals surface area contributed by atoms with Crippen LogP contribution in [-0.4, -0.2) is 21.2 Å². The number of rotatable bonds is 5. The van der Waals surface area contributed by atoms with Crippen molar-refractivity contribution in [3.05, 3.63) is 65.3 Å². The van der Waals surface area contributed by atoms with Gasteiger partial charge in [-0.25, -0.2) is 0 Å². The second-order valence-electron chi connectivity index (χ2n) is 5.50. The quantitative estimate of drug-likeness (QED) is 0.741. The largest absolute Gasteiger partial charge is 0.508 e. The summed E-state index contributed by atoms with van der Waals surface area (Å²) in [5.74, 6) is 1.24. The standard InChI is InChI=1S/C18H17N3O4/c1-11-6-7-14(9-16(11)22)20-18(23)13-4-3-5-15(8-13)24-10-17-19-12(2)25-21-17/h3-9,22H,10H2,1-2H3,(H,20,23). The molecule has 2 N–H and O–H groups in total. The van der Waals surface area contributed by atoms with Crippen molar-refractivity contribution in [3.8, 4) is 11.5 Å². The topological polar surface area (TPSA) is 97.5 Å². The number of aromatic nitrogens is 2. The number of benzene rings is 2. The van der Waals surface area contributed by atoms with Gasteiger partial charge in [-0.2, -0.15) is 4.98 Å². The summed E-state index contributed by atoms with van der Waals surface area (Å²) in [6, 6.07) is 11.7. The fourth-order valence-corrected chi connectivity index (χ4v) is 2.17. The predicted octanol–water partition coefficient (Wildman–Crippen LogP) is 3.22. The molecule has 1 heterocycles. The molecule has 3 rings (SSSR count). The van der Waals surface area contributed by atoms with Gasteiger partial charge in [0.1, 0.15) is 11.5 Å². The Morgan fingerprint density at radius 2 is 2.08 bits per heavy atom. The number of anilines is 1. The molecule has 0 bridgehead atoms. The van der Waals surface area contributed by atoms with Gasteiger partial charge in [0, 0.05) is 24.2 Å². The van der Waals surface area contributed by atoms with Crippen molar-refractivity contribution < 1.29 is 19.2 Å². The van der Waals surface area contributed by atoms with Crippen LogP contribution in [0.3, 0.4) is 0 Å². The number of amides is 1. The van der Waals surface area contributed by atoms with Crippen LogP contribution in [0.15, 0.2) is 47.0 Å². The SMILES string of the molecule is Cc1nc(COc2cccc(C(=O)Nc3ccc(C)c(O)c3)c2)no1. The highest BCUT2D eigenvalue weighted by atomic mass is 16.5. The fourth-order valence-electron chi connectivity index (χ4n) is 2.17. The third-order valence-electron chi connectivity index (χ3n) is 3.50. The van der Waals surface area contributed by atoms with E-state index in [0.29, 0.717) is 28.7 Å². The Bertz CT molecular complexity index is 905. The summed E-state index contributed by atoms with van der Waals surface area (Å²) >= 11 is 0. The molecule has 0 saturated heterocycles. The summed E-state index contributed by atoms with van der Waals surface area (Å²) < 4.78 is 10.4. The summed E-state index contributed by atoms with van der Waals surface area (Å²) in [6.07, 6.45) is 0. The van der Waals surface area contributed by atoms with Crippen LogP contribution in [0.2, 0.25) is 0 Å². The number of hydrogen-bond acceptors (Lipinski definition) is 6. The van der Waals surface area contributed by atoms with Crippen molar-refractivity contribution in [2.24, 2.45) is 0 Å². The average Bonchev–Trinajstić information content (AvgIpc) is 3.02. The van der Waals surface area contributed by atoms with E-state index in [1.54, 1.807) is 50.2 Å². The van der Waals surface area contributed by atoms with Crippen LogP contribution in [-0.2, 0) is 6.61 Å². The Kier molecular flexibility index (Phi) is 4.65. The van der Waals surface area contributed by atoms with E-state index < -0.39 is 0 Å². The Morgan fingerprint density at radius 1 is 1.24 bits per heavy atom. The maximum atomic E-state index is 12.4. The van der Waals surface area contributed by atoms with Gasteiger partial charge in [0.2, 0.25) is 11.7 Å². The lowest BCUT2D eigenvalue weighted by molar-refractivity contribution is 0.102. The predicted molar refractivity (Wildman–Crippen MR) is 90.6 cm³/mol. The molecule has 1 aromatic heterocycles. The van der Waals surface area contributed by atoms with E-state index in [1.807, 2.05) is 0 Å². The van der Waals surface area contributed by atoms with Crippen molar-refractivity contribution in [2.45, 2.75) is 20.5 Å². The molecule has 1 amide bonds. The molecule has 0 aliphatic rings. The van der Waals surface area contributed by atoms with Gasteiger partial charge in [-0.3, -0.25) is 4.79 Å².